The first-order valence-electron chi connectivity index (χ1n) is 7.08. The number of H-pyrrole nitrogens is 1. The summed E-state index contributed by atoms with van der Waals surface area (Å²) in [6, 6.07) is 9.78. The molecule has 7 N–H and O–H groups in total. The van der Waals surface area contributed by atoms with Gasteiger partial charge in [0.05, 0.1) is 23.6 Å². The molecule has 8 heteroatoms. The zero-order valence-corrected chi connectivity index (χ0v) is 12.5. The van der Waals surface area contributed by atoms with Gasteiger partial charge in [0.1, 0.15) is 5.82 Å². The lowest BCUT2D eigenvalue weighted by Gasteiger charge is -2.03. The van der Waals surface area contributed by atoms with E-state index in [1.165, 1.54) is 0 Å². The Morgan fingerprint density at radius 3 is 2.67 bits per heavy atom. The van der Waals surface area contributed by atoms with E-state index >= 15 is 0 Å². The van der Waals surface area contributed by atoms with Crippen molar-refractivity contribution in [2.24, 2.45) is 11.5 Å². The number of rotatable bonds is 4. The fourth-order valence-corrected chi connectivity index (χ4v) is 2.56. The number of hydrogen-bond acceptors (Lipinski definition) is 4. The second-order valence-electron chi connectivity index (χ2n) is 5.16. The highest BCUT2D eigenvalue weighted by Crippen LogP contribution is 2.29. The molecule has 24 heavy (non-hydrogen) atoms. The van der Waals surface area contributed by atoms with Crippen LogP contribution in [0.1, 0.15) is 16.1 Å². The minimum absolute atomic E-state index is 0.152. The number of nitrogens with one attached hydrogen (secondary N) is 2. The number of benzene rings is 1. The number of fused-ring (bicyclic) bond motifs is 1. The van der Waals surface area contributed by atoms with Crippen molar-refractivity contribution in [3.05, 3.63) is 47.7 Å². The Hall–Kier alpha value is -3.39. The fraction of sp³-hybridized carbons (Fsp3) is 0.0625. The van der Waals surface area contributed by atoms with Gasteiger partial charge in [-0.25, -0.2) is 4.79 Å². The first-order chi connectivity index (χ1) is 11.5. The minimum Gasteiger partial charge on any atom is -0.390 e. The molecule has 3 aromatic rings. The average Bonchev–Trinajstić information content (AvgIpc) is 2.91. The highest BCUT2D eigenvalue weighted by atomic mass is 16.3. The largest absolute Gasteiger partial charge is 0.390 e. The molecule has 1 aromatic carbocycles. The van der Waals surface area contributed by atoms with Crippen molar-refractivity contribution in [1.29, 1.82) is 0 Å². The topological polar surface area (TPSA) is 147 Å². The van der Waals surface area contributed by atoms with Crippen molar-refractivity contribution in [1.82, 2.24) is 9.97 Å². The molecule has 0 bridgehead atoms. The minimum atomic E-state index is -0.804. The van der Waals surface area contributed by atoms with Gasteiger partial charge >= 0.3 is 6.03 Å². The van der Waals surface area contributed by atoms with Crippen LogP contribution in [0, 0.1) is 0 Å². The highest BCUT2D eigenvalue weighted by molar-refractivity contribution is 6.13. The maximum Gasteiger partial charge on any atom is 0.317 e. The zero-order valence-electron chi connectivity index (χ0n) is 12.5. The van der Waals surface area contributed by atoms with Crippen LogP contribution in [-0.4, -0.2) is 27.0 Å². The van der Waals surface area contributed by atoms with Gasteiger partial charge in [-0.05, 0) is 18.2 Å². The summed E-state index contributed by atoms with van der Waals surface area (Å²) in [4.78, 5) is 30.0. The first kappa shape index (κ1) is 15.5. The summed E-state index contributed by atoms with van der Waals surface area (Å²) in [7, 11) is 0. The number of anilines is 1. The number of aromatic amines is 1. The number of carbonyl (C=O) groups excluding carboxylic acids is 2. The van der Waals surface area contributed by atoms with E-state index in [0.717, 1.165) is 5.56 Å². The second-order valence-corrected chi connectivity index (χ2v) is 5.16. The van der Waals surface area contributed by atoms with Crippen LogP contribution in [0.5, 0.6) is 0 Å². The summed E-state index contributed by atoms with van der Waals surface area (Å²) in [6.07, 6.45) is 0. The van der Waals surface area contributed by atoms with Crippen LogP contribution in [0.4, 0.5) is 10.6 Å². The quantitative estimate of drug-likeness (QED) is 0.492. The van der Waals surface area contributed by atoms with Crippen LogP contribution in [0.15, 0.2) is 36.4 Å². The summed E-state index contributed by atoms with van der Waals surface area (Å²) in [5.41, 5.74) is 13.3. The average molecular weight is 325 g/mol. The van der Waals surface area contributed by atoms with Crippen LogP contribution >= 0.6 is 0 Å². The Balaban J connectivity index is 2.14. The number of pyridine rings is 1. The van der Waals surface area contributed by atoms with Crippen LogP contribution < -0.4 is 16.8 Å². The molecule has 0 saturated carbocycles. The molecule has 122 valence electrons. The molecule has 0 saturated heterocycles. The molecule has 0 radical (unpaired) electrons. The maximum absolute atomic E-state index is 11.7. The maximum atomic E-state index is 11.7. The number of aromatic nitrogens is 2. The molecule has 0 aliphatic carbocycles. The lowest BCUT2D eigenvalue weighted by Crippen LogP contribution is -2.22. The molecule has 3 rings (SSSR count). The number of aliphatic hydroxyl groups is 1. The van der Waals surface area contributed by atoms with Crippen molar-refractivity contribution in [2.75, 3.05) is 5.32 Å². The SMILES string of the molecule is NC(=O)Nc1[nH]c2cc(-c3cccc(CO)n3)ccc2c1C(N)=O. The molecular weight excluding hydrogens is 310 g/mol. The predicted molar refractivity (Wildman–Crippen MR) is 89.2 cm³/mol. The number of carbonyl (C=O) groups is 2. The van der Waals surface area contributed by atoms with Crippen molar-refractivity contribution in [3.8, 4) is 11.3 Å². The van der Waals surface area contributed by atoms with Gasteiger partial charge in [-0.1, -0.05) is 18.2 Å². The molecule has 2 aromatic heterocycles. The molecular formula is C16H15N5O3. The van der Waals surface area contributed by atoms with Crippen molar-refractivity contribution >= 4 is 28.7 Å². The summed E-state index contributed by atoms with van der Waals surface area (Å²) >= 11 is 0. The highest BCUT2D eigenvalue weighted by Gasteiger charge is 2.18. The summed E-state index contributed by atoms with van der Waals surface area (Å²) in [5.74, 6) is -0.530. The van der Waals surface area contributed by atoms with Gasteiger partial charge in [0, 0.05) is 16.5 Å². The first-order valence-corrected chi connectivity index (χ1v) is 7.08. The van der Waals surface area contributed by atoms with E-state index < -0.39 is 11.9 Å². The molecule has 0 spiro atoms. The van der Waals surface area contributed by atoms with Crippen LogP contribution in [-0.2, 0) is 6.61 Å². The summed E-state index contributed by atoms with van der Waals surface area (Å²) in [5, 5.41) is 12.1. The number of nitrogens with zero attached hydrogens (tertiary/aromatic N) is 1. The summed E-state index contributed by atoms with van der Waals surface area (Å²) < 4.78 is 0. The van der Waals surface area contributed by atoms with Crippen LogP contribution in [0.2, 0.25) is 0 Å². The number of primary amides is 2. The molecule has 0 unspecified atom stereocenters. The molecule has 0 aliphatic heterocycles. The van der Waals surface area contributed by atoms with E-state index in [0.29, 0.717) is 22.3 Å². The lowest BCUT2D eigenvalue weighted by atomic mass is 10.1. The fourth-order valence-electron chi connectivity index (χ4n) is 2.56. The van der Waals surface area contributed by atoms with E-state index in [2.05, 4.69) is 15.3 Å². The van der Waals surface area contributed by atoms with Gasteiger partial charge < -0.3 is 21.6 Å². The Morgan fingerprint density at radius 2 is 2.00 bits per heavy atom. The molecule has 3 amide bonds. The zero-order chi connectivity index (χ0) is 17.3. The Morgan fingerprint density at radius 1 is 1.21 bits per heavy atom. The summed E-state index contributed by atoms with van der Waals surface area (Å²) in [6.45, 7) is -0.156. The number of aliphatic hydroxyl groups excluding tert-OH is 1. The van der Waals surface area contributed by atoms with Gasteiger partial charge in [-0.3, -0.25) is 15.1 Å². The van der Waals surface area contributed by atoms with Crippen molar-refractivity contribution in [2.45, 2.75) is 6.61 Å². The Bertz CT molecular complexity index is 948. The van der Waals surface area contributed by atoms with Gasteiger partial charge in [-0.15, -0.1) is 0 Å². The van der Waals surface area contributed by atoms with E-state index in [4.69, 9.17) is 11.5 Å². The Labute approximate surface area is 136 Å². The smallest absolute Gasteiger partial charge is 0.317 e. The second kappa shape index (κ2) is 6.01. The number of urea groups is 1. The third kappa shape index (κ3) is 2.77. The number of nitrogens with two attached hydrogens (primary N) is 2. The van der Waals surface area contributed by atoms with Gasteiger partial charge in [-0.2, -0.15) is 0 Å². The van der Waals surface area contributed by atoms with Gasteiger partial charge in [0.15, 0.2) is 0 Å². The standard InChI is InChI=1S/C16H15N5O3/c17-14(23)13-10-5-4-8(11-3-1-2-9(7-22)19-11)6-12(10)20-15(13)21-16(18)24/h1-6,20,22H,7H2,(H2,17,23)(H3,18,21,24). The third-order valence-electron chi connectivity index (χ3n) is 3.56. The molecule has 0 atom stereocenters. The monoisotopic (exact) mass is 325 g/mol. The van der Waals surface area contributed by atoms with Crippen molar-refractivity contribution < 1.29 is 14.7 Å². The Kier molecular flexibility index (Phi) is 3.88. The van der Waals surface area contributed by atoms with Crippen LogP contribution in [0.25, 0.3) is 22.2 Å². The van der Waals surface area contributed by atoms with Gasteiger partial charge in [0.25, 0.3) is 5.91 Å². The number of hydrogen-bond donors (Lipinski definition) is 5. The van der Waals surface area contributed by atoms with Crippen LogP contribution in [0.3, 0.4) is 0 Å². The molecule has 0 fully saturated rings. The van der Waals surface area contributed by atoms with E-state index in [-0.39, 0.29) is 18.0 Å². The molecule has 0 aliphatic rings. The van der Waals surface area contributed by atoms with Gasteiger partial charge in [0.2, 0.25) is 0 Å². The van der Waals surface area contributed by atoms with E-state index in [1.807, 2.05) is 0 Å². The number of amides is 3. The van der Waals surface area contributed by atoms with E-state index in [1.54, 1.807) is 36.4 Å². The van der Waals surface area contributed by atoms with E-state index in [9.17, 15) is 14.7 Å². The molecule has 2 heterocycles. The normalized spacial score (nSPS) is 10.7. The lowest BCUT2D eigenvalue weighted by molar-refractivity contribution is 0.100. The molecule has 8 nitrogen and oxygen atoms in total. The predicted octanol–water partition coefficient (Wildman–Crippen LogP) is 1.31. The van der Waals surface area contributed by atoms with Crippen molar-refractivity contribution in [3.63, 3.8) is 0 Å². The third-order valence-corrected chi connectivity index (χ3v) is 3.56.